The molecule has 2 aliphatic carbocycles. The molecule has 210 valence electrons. The summed E-state index contributed by atoms with van der Waals surface area (Å²) >= 11 is 0. The lowest BCUT2D eigenvalue weighted by Crippen LogP contribution is -2.04. The van der Waals surface area contributed by atoms with Gasteiger partial charge in [-0.2, -0.15) is 0 Å². The second-order valence-electron chi connectivity index (χ2n) is 12.7. The first-order valence-electron chi connectivity index (χ1n) is 16.3. The Morgan fingerprint density at radius 2 is 0.690 bits per heavy atom. The highest BCUT2D eigenvalue weighted by atomic mass is 14.2. The number of benzene rings is 5. The molecule has 7 rings (SSSR count). The van der Waals surface area contributed by atoms with Gasteiger partial charge in [-0.1, -0.05) is 136 Å². The highest BCUT2D eigenvalue weighted by molar-refractivity contribution is 6.00. The molecule has 0 heteroatoms. The summed E-state index contributed by atoms with van der Waals surface area (Å²) in [7, 11) is 0. The molecule has 0 heterocycles. The molecule has 0 nitrogen and oxygen atoms in total. The third kappa shape index (κ3) is 6.29. The van der Waals surface area contributed by atoms with Gasteiger partial charge < -0.3 is 0 Å². The summed E-state index contributed by atoms with van der Waals surface area (Å²) in [6.45, 7) is 0. The second-order valence-corrected chi connectivity index (χ2v) is 12.7. The first-order chi connectivity index (χ1) is 20.8. The van der Waals surface area contributed by atoms with Crippen molar-refractivity contribution in [3.05, 3.63) is 130 Å². The lowest BCUT2D eigenvalue weighted by molar-refractivity contribution is 0.443. The maximum atomic E-state index is 2.35. The van der Waals surface area contributed by atoms with Crippen molar-refractivity contribution in [3.8, 4) is 0 Å². The van der Waals surface area contributed by atoms with Gasteiger partial charge in [-0.05, 0) is 117 Å². The number of hydrogen-bond acceptors (Lipinski definition) is 0. The fourth-order valence-corrected chi connectivity index (χ4v) is 7.26. The van der Waals surface area contributed by atoms with E-state index in [0.29, 0.717) is 0 Å². The van der Waals surface area contributed by atoms with Crippen LogP contribution in [0.25, 0.3) is 45.8 Å². The van der Waals surface area contributed by atoms with E-state index < -0.39 is 0 Å². The van der Waals surface area contributed by atoms with Crippen molar-refractivity contribution in [2.75, 3.05) is 0 Å². The average Bonchev–Trinajstić information content (AvgIpc) is 3.06. The first kappa shape index (κ1) is 27.0. The van der Waals surface area contributed by atoms with E-state index in [9.17, 15) is 0 Å². The Hall–Kier alpha value is -3.90. The molecular formula is C42H42. The highest BCUT2D eigenvalue weighted by Gasteiger charge is 2.16. The van der Waals surface area contributed by atoms with Crippen molar-refractivity contribution < 1.29 is 0 Å². The highest BCUT2D eigenvalue weighted by Crippen LogP contribution is 2.34. The largest absolute Gasteiger partial charge is 0.0582 e. The van der Waals surface area contributed by atoms with Crippen LogP contribution in [0.2, 0.25) is 0 Å². The Morgan fingerprint density at radius 1 is 0.333 bits per heavy atom. The smallest absolute Gasteiger partial charge is 0.0162 e. The SMILES string of the molecule is C(=C\c1ccc2cc3ccc(/C=C/c4ccc(C5CCCCC5)cc4)cc3cc2c1)/c1ccc(C2CCCCC2)cc1. The van der Waals surface area contributed by atoms with E-state index in [1.165, 1.54) is 119 Å². The average molecular weight is 547 g/mol. The van der Waals surface area contributed by atoms with Crippen LogP contribution in [-0.2, 0) is 0 Å². The van der Waals surface area contributed by atoms with Crippen LogP contribution in [0.4, 0.5) is 0 Å². The molecule has 2 aliphatic rings. The minimum Gasteiger partial charge on any atom is -0.0582 e. The molecule has 0 N–H and O–H groups in total. The van der Waals surface area contributed by atoms with Crippen molar-refractivity contribution in [2.24, 2.45) is 0 Å². The zero-order chi connectivity index (χ0) is 28.1. The summed E-state index contributed by atoms with van der Waals surface area (Å²) < 4.78 is 0. The molecule has 2 saturated carbocycles. The van der Waals surface area contributed by atoms with Gasteiger partial charge >= 0.3 is 0 Å². The van der Waals surface area contributed by atoms with Crippen molar-refractivity contribution in [1.29, 1.82) is 0 Å². The maximum Gasteiger partial charge on any atom is -0.0162 e. The molecule has 0 saturated heterocycles. The van der Waals surface area contributed by atoms with Gasteiger partial charge in [-0.15, -0.1) is 0 Å². The Bertz CT molecular complexity index is 1580. The summed E-state index contributed by atoms with van der Waals surface area (Å²) in [6, 6.07) is 36.8. The van der Waals surface area contributed by atoms with Gasteiger partial charge in [0, 0.05) is 0 Å². The van der Waals surface area contributed by atoms with Crippen LogP contribution >= 0.6 is 0 Å². The van der Waals surface area contributed by atoms with Crippen LogP contribution in [0, 0.1) is 0 Å². The van der Waals surface area contributed by atoms with Crippen molar-refractivity contribution in [1.82, 2.24) is 0 Å². The molecule has 42 heavy (non-hydrogen) atoms. The van der Waals surface area contributed by atoms with E-state index in [0.717, 1.165) is 11.8 Å². The fourth-order valence-electron chi connectivity index (χ4n) is 7.26. The third-order valence-electron chi connectivity index (χ3n) is 9.81. The van der Waals surface area contributed by atoms with Crippen molar-refractivity contribution >= 4 is 45.8 Å². The van der Waals surface area contributed by atoms with E-state index in [1.807, 2.05) is 0 Å². The molecule has 0 bridgehead atoms. The molecule has 0 aliphatic heterocycles. The summed E-state index contributed by atoms with van der Waals surface area (Å²) in [5, 5.41) is 5.16. The van der Waals surface area contributed by atoms with E-state index in [1.54, 1.807) is 0 Å². The summed E-state index contributed by atoms with van der Waals surface area (Å²) in [5.41, 5.74) is 8.07. The van der Waals surface area contributed by atoms with Gasteiger partial charge in [-0.3, -0.25) is 0 Å². The Balaban J connectivity index is 1.06. The minimum absolute atomic E-state index is 0.764. The van der Waals surface area contributed by atoms with Gasteiger partial charge in [0.2, 0.25) is 0 Å². The van der Waals surface area contributed by atoms with Crippen LogP contribution in [-0.4, -0.2) is 0 Å². The Morgan fingerprint density at radius 3 is 1.12 bits per heavy atom. The summed E-state index contributed by atoms with van der Waals surface area (Å²) in [5.74, 6) is 1.53. The van der Waals surface area contributed by atoms with Crippen LogP contribution in [0.1, 0.15) is 109 Å². The molecule has 0 spiro atoms. The number of hydrogen-bond donors (Lipinski definition) is 0. The lowest BCUT2D eigenvalue weighted by atomic mass is 9.84. The summed E-state index contributed by atoms with van der Waals surface area (Å²) in [6.07, 6.45) is 22.8. The van der Waals surface area contributed by atoms with Crippen LogP contribution < -0.4 is 0 Å². The van der Waals surface area contributed by atoms with Crippen LogP contribution in [0.3, 0.4) is 0 Å². The third-order valence-corrected chi connectivity index (χ3v) is 9.81. The van der Waals surface area contributed by atoms with Gasteiger partial charge in [0.25, 0.3) is 0 Å². The van der Waals surface area contributed by atoms with E-state index in [4.69, 9.17) is 0 Å². The van der Waals surface area contributed by atoms with E-state index in [2.05, 4.69) is 121 Å². The lowest BCUT2D eigenvalue weighted by Gasteiger charge is -2.21. The number of rotatable bonds is 6. The fraction of sp³-hybridized carbons (Fsp3) is 0.286. The van der Waals surface area contributed by atoms with Crippen LogP contribution in [0.5, 0.6) is 0 Å². The molecular weight excluding hydrogens is 504 g/mol. The van der Waals surface area contributed by atoms with Crippen molar-refractivity contribution in [2.45, 2.75) is 76.0 Å². The van der Waals surface area contributed by atoms with Gasteiger partial charge in [0.15, 0.2) is 0 Å². The molecule has 0 radical (unpaired) electrons. The van der Waals surface area contributed by atoms with Gasteiger partial charge in [-0.25, -0.2) is 0 Å². The molecule has 0 atom stereocenters. The Kier molecular flexibility index (Phi) is 8.05. The molecule has 0 aromatic heterocycles. The predicted octanol–water partition coefficient (Wildman–Crippen LogP) is 12.4. The first-order valence-corrected chi connectivity index (χ1v) is 16.3. The second kappa shape index (κ2) is 12.5. The van der Waals surface area contributed by atoms with E-state index in [-0.39, 0.29) is 0 Å². The normalized spacial score (nSPS) is 17.1. The van der Waals surface area contributed by atoms with Gasteiger partial charge in [0.1, 0.15) is 0 Å². The quantitative estimate of drug-likeness (QED) is 0.147. The number of fused-ring (bicyclic) bond motifs is 2. The standard InChI is InChI=1S/C42H42/c1-3-7-35(8-4-1)37-21-15-31(16-22-37)11-13-33-19-25-39-29-40-26-20-34(28-42(40)30-41(39)27-33)14-12-32-17-23-38(24-18-32)36-9-5-2-6-10-36/h11-30,35-36H,1-10H2/b13-11+,14-12+. The topological polar surface area (TPSA) is 0 Å². The molecule has 5 aromatic rings. The zero-order valence-electron chi connectivity index (χ0n) is 24.8. The summed E-state index contributed by atoms with van der Waals surface area (Å²) in [4.78, 5) is 0. The Labute approximate surface area is 251 Å². The predicted molar refractivity (Wildman–Crippen MR) is 184 cm³/mol. The molecule has 5 aromatic carbocycles. The molecule has 0 amide bonds. The molecule has 0 unspecified atom stereocenters. The minimum atomic E-state index is 0.764. The van der Waals surface area contributed by atoms with E-state index >= 15 is 0 Å². The van der Waals surface area contributed by atoms with Crippen LogP contribution in [0.15, 0.2) is 97.1 Å². The molecule has 2 fully saturated rings. The van der Waals surface area contributed by atoms with Crippen molar-refractivity contribution in [3.63, 3.8) is 0 Å². The van der Waals surface area contributed by atoms with Gasteiger partial charge in [0.05, 0.1) is 0 Å². The zero-order valence-corrected chi connectivity index (χ0v) is 24.8. The maximum absolute atomic E-state index is 2.35. The monoisotopic (exact) mass is 546 g/mol.